The molecule has 0 spiro atoms. The van der Waals surface area contributed by atoms with Crippen molar-refractivity contribution in [1.82, 2.24) is 0 Å². The molecule has 2 heteroatoms. The van der Waals surface area contributed by atoms with Crippen LogP contribution in [0.5, 0.6) is 0 Å². The van der Waals surface area contributed by atoms with Gasteiger partial charge in [0.2, 0.25) is 0 Å². The van der Waals surface area contributed by atoms with Crippen molar-refractivity contribution in [1.29, 1.82) is 0 Å². The van der Waals surface area contributed by atoms with E-state index in [2.05, 4.69) is 6.42 Å². The number of rotatable bonds is 0. The first-order valence-electron chi connectivity index (χ1n) is 0.958. The number of aliphatic hydroxyl groups excluding tert-OH is 1. The topological polar surface area (TPSA) is 20.2 Å². The zero-order valence-corrected chi connectivity index (χ0v) is 4.35. The summed E-state index contributed by atoms with van der Waals surface area (Å²) < 4.78 is 0. The molecule has 1 N–H and O–H groups in total. The summed E-state index contributed by atoms with van der Waals surface area (Å²) in [6.07, 6.45) is 4.53. The van der Waals surface area contributed by atoms with Gasteiger partial charge in [-0.2, -0.15) is 0 Å². The lowest BCUT2D eigenvalue weighted by molar-refractivity contribution is 0.351. The van der Waals surface area contributed by atoms with E-state index in [1.807, 2.05) is 5.92 Å². The quantitative estimate of drug-likeness (QED) is 0.472. The average molecular weight is 137 g/mol. The van der Waals surface area contributed by atoms with Gasteiger partial charge in [-0.3, -0.25) is 0 Å². The van der Waals surface area contributed by atoms with Crippen LogP contribution in [0.2, 0.25) is 0 Å². The molecule has 30 valence electrons. The molecule has 0 rings (SSSR count). The Hall–Kier alpha value is 0.00000000000000000694. The van der Waals surface area contributed by atoms with Crippen LogP contribution < -0.4 is 0 Å². The molecule has 0 aliphatic rings. The molecule has 0 fully saturated rings. The fourth-order valence-electron chi connectivity index (χ4n) is 0. The molecule has 0 aromatic rings. The van der Waals surface area contributed by atoms with Crippen molar-refractivity contribution in [2.24, 2.45) is 0 Å². The molecule has 0 heterocycles. The molecular weight excluding hydrogens is 132 g/mol. The van der Waals surface area contributed by atoms with Gasteiger partial charge in [0.05, 0.1) is 0 Å². The largest absolute Gasteiger partial charge is 0.384 e. The van der Waals surface area contributed by atoms with Gasteiger partial charge >= 0.3 is 0 Å². The minimum absolute atomic E-state index is 0. The Bertz CT molecular complexity index is 36.6. The van der Waals surface area contributed by atoms with Crippen LogP contribution in [0.1, 0.15) is 0 Å². The predicted octanol–water partition coefficient (Wildman–Crippen LogP) is 0.190. The fourth-order valence-corrected chi connectivity index (χ4v) is 0. The number of hydrogen-bond donors (Lipinski definition) is 1. The Balaban J connectivity index is 0. The van der Waals surface area contributed by atoms with Crippen LogP contribution in [-0.2, 0) is 0 Å². The third kappa shape index (κ3) is 16.0. The molecule has 0 atom stereocenters. The summed E-state index contributed by atoms with van der Waals surface area (Å²) in [4.78, 5) is 0. The van der Waals surface area contributed by atoms with E-state index in [1.165, 1.54) is 0 Å². The third-order valence-electron chi connectivity index (χ3n) is 0.0913. The Labute approximate surface area is 41.8 Å². The van der Waals surface area contributed by atoms with Crippen molar-refractivity contribution in [2.75, 3.05) is 6.61 Å². The smallest absolute Gasteiger partial charge is 0.103 e. The van der Waals surface area contributed by atoms with Gasteiger partial charge in [-0.15, -0.1) is 23.4 Å². The first-order chi connectivity index (χ1) is 1.91. The summed E-state index contributed by atoms with van der Waals surface area (Å²) in [5, 5.41) is 7.64. The molecule has 5 heavy (non-hydrogen) atoms. The van der Waals surface area contributed by atoms with Crippen molar-refractivity contribution in [3.8, 4) is 12.3 Å². The maximum atomic E-state index is 7.64. The Morgan fingerprint density at radius 1 is 1.80 bits per heavy atom. The maximum Gasteiger partial charge on any atom is 0.103 e. The standard InChI is InChI=1S/C3H4O.BrH/c1-2-3-4;/h1,4H,3H2;1H. The average Bonchev–Trinajstić information content (AvgIpc) is 1.37. The van der Waals surface area contributed by atoms with E-state index in [1.54, 1.807) is 0 Å². The van der Waals surface area contributed by atoms with E-state index in [4.69, 9.17) is 5.11 Å². The third-order valence-corrected chi connectivity index (χ3v) is 0.0913. The van der Waals surface area contributed by atoms with Gasteiger partial charge in [0.1, 0.15) is 6.61 Å². The lowest BCUT2D eigenvalue weighted by atomic mass is 10.8. The van der Waals surface area contributed by atoms with Crippen LogP contribution in [0.3, 0.4) is 0 Å². The SMILES string of the molecule is Br.C#CCO. The van der Waals surface area contributed by atoms with E-state index >= 15 is 0 Å². The van der Waals surface area contributed by atoms with Crippen molar-refractivity contribution >= 4 is 17.0 Å². The molecule has 0 bridgehead atoms. The maximum absolute atomic E-state index is 7.64. The highest BCUT2D eigenvalue weighted by atomic mass is 79.9. The van der Waals surface area contributed by atoms with Crippen molar-refractivity contribution in [3.05, 3.63) is 0 Å². The summed E-state index contributed by atoms with van der Waals surface area (Å²) in [6.45, 7) is -0.153. The van der Waals surface area contributed by atoms with E-state index in [0.717, 1.165) is 0 Å². The summed E-state index contributed by atoms with van der Waals surface area (Å²) >= 11 is 0. The van der Waals surface area contributed by atoms with Gasteiger partial charge < -0.3 is 5.11 Å². The first kappa shape index (κ1) is 8.89. The highest BCUT2D eigenvalue weighted by Gasteiger charge is 1.43. The number of hydrogen-bond acceptors (Lipinski definition) is 1. The lowest BCUT2D eigenvalue weighted by Crippen LogP contribution is -1.64. The van der Waals surface area contributed by atoms with Gasteiger partial charge in [0.15, 0.2) is 0 Å². The Morgan fingerprint density at radius 3 is 2.00 bits per heavy atom. The second-order valence-electron chi connectivity index (χ2n) is 0.362. The molecule has 0 amide bonds. The molecule has 0 aromatic carbocycles. The van der Waals surface area contributed by atoms with Gasteiger partial charge in [0.25, 0.3) is 0 Å². The molecule has 0 radical (unpaired) electrons. The van der Waals surface area contributed by atoms with Crippen LogP contribution in [0.15, 0.2) is 0 Å². The Kier molecular flexibility index (Phi) is 16.0. The minimum Gasteiger partial charge on any atom is -0.384 e. The van der Waals surface area contributed by atoms with Gasteiger partial charge in [-0.25, -0.2) is 0 Å². The monoisotopic (exact) mass is 136 g/mol. The normalized spacial score (nSPS) is 4.00. The van der Waals surface area contributed by atoms with Crippen molar-refractivity contribution in [2.45, 2.75) is 0 Å². The molecule has 0 saturated heterocycles. The van der Waals surface area contributed by atoms with Crippen LogP contribution in [0.25, 0.3) is 0 Å². The van der Waals surface area contributed by atoms with E-state index in [0.29, 0.717) is 0 Å². The molecule has 1 nitrogen and oxygen atoms in total. The highest BCUT2D eigenvalue weighted by Crippen LogP contribution is 1.34. The molecular formula is C3H5BrO. The van der Waals surface area contributed by atoms with E-state index in [9.17, 15) is 0 Å². The van der Waals surface area contributed by atoms with Crippen LogP contribution in [0.4, 0.5) is 0 Å². The van der Waals surface area contributed by atoms with E-state index in [-0.39, 0.29) is 23.6 Å². The number of aliphatic hydroxyl groups is 1. The first-order valence-corrected chi connectivity index (χ1v) is 0.958. The number of terminal acetylenes is 1. The van der Waals surface area contributed by atoms with Gasteiger partial charge in [-0.1, -0.05) is 5.92 Å². The number of halogens is 1. The summed E-state index contributed by atoms with van der Waals surface area (Å²) in [5.41, 5.74) is 0. The zero-order valence-electron chi connectivity index (χ0n) is 2.64. The fraction of sp³-hybridized carbons (Fsp3) is 0.333. The predicted molar refractivity (Wildman–Crippen MR) is 26.2 cm³/mol. The zero-order chi connectivity index (χ0) is 3.41. The highest BCUT2D eigenvalue weighted by molar-refractivity contribution is 8.93. The molecule has 0 aromatic heterocycles. The summed E-state index contributed by atoms with van der Waals surface area (Å²) in [6, 6.07) is 0. The van der Waals surface area contributed by atoms with Gasteiger partial charge in [0, 0.05) is 0 Å². The van der Waals surface area contributed by atoms with Crippen LogP contribution in [0, 0.1) is 12.3 Å². The molecule has 0 unspecified atom stereocenters. The molecule has 0 aliphatic heterocycles. The van der Waals surface area contributed by atoms with E-state index < -0.39 is 0 Å². The van der Waals surface area contributed by atoms with Crippen molar-refractivity contribution in [3.63, 3.8) is 0 Å². The summed E-state index contributed by atoms with van der Waals surface area (Å²) in [7, 11) is 0. The molecule has 0 aliphatic carbocycles. The van der Waals surface area contributed by atoms with Crippen LogP contribution in [-0.4, -0.2) is 11.7 Å². The summed E-state index contributed by atoms with van der Waals surface area (Å²) in [5.74, 6) is 1.99. The minimum atomic E-state index is -0.153. The second-order valence-corrected chi connectivity index (χ2v) is 0.362. The lowest BCUT2D eigenvalue weighted by Gasteiger charge is -1.55. The molecule has 0 saturated carbocycles. The van der Waals surface area contributed by atoms with Crippen molar-refractivity contribution < 1.29 is 5.11 Å². The Morgan fingerprint density at radius 2 is 2.00 bits per heavy atom. The van der Waals surface area contributed by atoms with Crippen LogP contribution >= 0.6 is 17.0 Å². The second kappa shape index (κ2) is 9.00. The van der Waals surface area contributed by atoms with Gasteiger partial charge in [-0.05, 0) is 0 Å².